The summed E-state index contributed by atoms with van der Waals surface area (Å²) in [4.78, 5) is 24.8. The maximum Gasteiger partial charge on any atom is 0.328 e. The number of unbranched alkanes of at least 4 members (excludes halogenated alkanes) is 2. The van der Waals surface area contributed by atoms with Crippen molar-refractivity contribution in [1.82, 2.24) is 14.9 Å². The van der Waals surface area contributed by atoms with Crippen molar-refractivity contribution in [3.8, 4) is 0 Å². The van der Waals surface area contributed by atoms with E-state index < -0.39 is 0 Å². The van der Waals surface area contributed by atoms with Crippen LogP contribution in [0.1, 0.15) is 26.2 Å². The Kier molecular flexibility index (Phi) is 6.21. The second-order valence-corrected chi connectivity index (χ2v) is 4.74. The lowest BCUT2D eigenvalue weighted by atomic mass is 10.2. The van der Waals surface area contributed by atoms with E-state index in [1.54, 1.807) is 0 Å². The van der Waals surface area contributed by atoms with Crippen LogP contribution in [0.4, 0.5) is 0 Å². The quantitative estimate of drug-likeness (QED) is 0.741. The molecule has 2 N–H and O–H groups in total. The van der Waals surface area contributed by atoms with Gasteiger partial charge in [0.05, 0.1) is 4.47 Å². The Labute approximate surface area is 108 Å². The van der Waals surface area contributed by atoms with Gasteiger partial charge < -0.3 is 5.32 Å². The molecule has 0 amide bonds. The Morgan fingerprint density at radius 2 is 2.12 bits per heavy atom. The van der Waals surface area contributed by atoms with Crippen molar-refractivity contribution in [3.05, 3.63) is 31.5 Å². The molecule has 5 nitrogen and oxygen atoms in total. The van der Waals surface area contributed by atoms with Crippen LogP contribution in [-0.4, -0.2) is 22.6 Å². The van der Waals surface area contributed by atoms with E-state index in [0.717, 1.165) is 19.5 Å². The summed E-state index contributed by atoms with van der Waals surface area (Å²) in [6.07, 6.45) is 5.10. The minimum absolute atomic E-state index is 0.367. The van der Waals surface area contributed by atoms with Gasteiger partial charge in [-0.3, -0.25) is 14.3 Å². The summed E-state index contributed by atoms with van der Waals surface area (Å²) in [6.45, 7) is 4.41. The van der Waals surface area contributed by atoms with Crippen LogP contribution in [0.5, 0.6) is 0 Å². The maximum atomic E-state index is 11.4. The van der Waals surface area contributed by atoms with Crippen LogP contribution in [-0.2, 0) is 6.54 Å². The molecule has 1 heterocycles. The molecule has 0 aliphatic rings. The number of nitrogens with zero attached hydrogens (tertiary/aromatic N) is 1. The average molecular weight is 304 g/mol. The Bertz CT molecular complexity index is 453. The van der Waals surface area contributed by atoms with Crippen LogP contribution in [0.15, 0.2) is 20.3 Å². The Hall–Kier alpha value is -0.880. The number of aromatic nitrogens is 2. The second-order valence-electron chi connectivity index (χ2n) is 3.89. The Balaban J connectivity index is 2.39. The normalized spacial score (nSPS) is 10.7. The maximum absolute atomic E-state index is 11.4. The molecule has 0 spiro atoms. The summed E-state index contributed by atoms with van der Waals surface area (Å²) < 4.78 is 1.86. The van der Waals surface area contributed by atoms with Gasteiger partial charge in [0.1, 0.15) is 0 Å². The standard InChI is InChI=1S/C11H18BrN3O2/c1-2-3-4-5-13-6-7-15-8-9(12)10(16)14-11(15)17/h8,13H,2-7H2,1H3,(H,14,16,17). The largest absolute Gasteiger partial charge is 0.328 e. The minimum Gasteiger partial charge on any atom is -0.315 e. The van der Waals surface area contributed by atoms with E-state index in [1.807, 2.05) is 0 Å². The molecule has 6 heteroatoms. The number of nitrogens with one attached hydrogen (secondary N) is 2. The fourth-order valence-corrected chi connectivity index (χ4v) is 1.82. The van der Waals surface area contributed by atoms with Crippen molar-refractivity contribution in [2.75, 3.05) is 13.1 Å². The summed E-state index contributed by atoms with van der Waals surface area (Å²) in [6, 6.07) is 0. The van der Waals surface area contributed by atoms with Crippen LogP contribution in [0.2, 0.25) is 0 Å². The molecule has 0 unspecified atom stereocenters. The molecule has 0 atom stereocenters. The van der Waals surface area contributed by atoms with E-state index in [2.05, 4.69) is 33.2 Å². The van der Waals surface area contributed by atoms with Crippen molar-refractivity contribution in [2.24, 2.45) is 0 Å². The predicted molar refractivity (Wildman–Crippen MR) is 71.4 cm³/mol. The fraction of sp³-hybridized carbons (Fsp3) is 0.636. The SMILES string of the molecule is CCCCCNCCn1cc(Br)c(=O)[nH]c1=O. The molecule has 0 saturated heterocycles. The van der Waals surface area contributed by atoms with Crippen LogP contribution in [0.25, 0.3) is 0 Å². The molecule has 17 heavy (non-hydrogen) atoms. The number of rotatable bonds is 7. The second kappa shape index (κ2) is 7.45. The van der Waals surface area contributed by atoms with Gasteiger partial charge in [0, 0.05) is 19.3 Å². The monoisotopic (exact) mass is 303 g/mol. The van der Waals surface area contributed by atoms with E-state index in [4.69, 9.17) is 0 Å². The lowest BCUT2D eigenvalue weighted by molar-refractivity contribution is 0.553. The van der Waals surface area contributed by atoms with Crippen molar-refractivity contribution < 1.29 is 0 Å². The summed E-state index contributed by atoms with van der Waals surface area (Å²) in [7, 11) is 0. The predicted octanol–water partition coefficient (Wildman–Crippen LogP) is 1.08. The topological polar surface area (TPSA) is 66.9 Å². The molecule has 0 saturated carbocycles. The van der Waals surface area contributed by atoms with E-state index in [-0.39, 0.29) is 11.2 Å². The molecule has 0 aliphatic carbocycles. The molecule has 1 rings (SSSR count). The van der Waals surface area contributed by atoms with Crippen LogP contribution in [0, 0.1) is 0 Å². The molecule has 0 radical (unpaired) electrons. The lowest BCUT2D eigenvalue weighted by Gasteiger charge is -2.06. The third-order valence-corrected chi connectivity index (χ3v) is 3.02. The Morgan fingerprint density at radius 3 is 2.82 bits per heavy atom. The third-order valence-electron chi connectivity index (χ3n) is 2.45. The van der Waals surface area contributed by atoms with Crippen LogP contribution in [0.3, 0.4) is 0 Å². The first kappa shape index (κ1) is 14.2. The first-order valence-corrected chi connectivity index (χ1v) is 6.64. The molecular formula is C11H18BrN3O2. The van der Waals surface area contributed by atoms with Gasteiger partial charge in [-0.1, -0.05) is 19.8 Å². The van der Waals surface area contributed by atoms with Gasteiger partial charge in [-0.25, -0.2) is 4.79 Å². The van der Waals surface area contributed by atoms with Crippen molar-refractivity contribution in [2.45, 2.75) is 32.7 Å². The average Bonchev–Trinajstić information content (AvgIpc) is 2.30. The highest BCUT2D eigenvalue weighted by Gasteiger charge is 2.00. The van der Waals surface area contributed by atoms with Crippen molar-refractivity contribution in [1.29, 1.82) is 0 Å². The summed E-state index contributed by atoms with van der Waals surface area (Å²) in [5, 5.41) is 3.26. The number of halogens is 1. The van der Waals surface area contributed by atoms with E-state index in [9.17, 15) is 9.59 Å². The van der Waals surface area contributed by atoms with Gasteiger partial charge in [0.15, 0.2) is 0 Å². The van der Waals surface area contributed by atoms with Gasteiger partial charge >= 0.3 is 5.69 Å². The molecule has 0 bridgehead atoms. The first-order valence-electron chi connectivity index (χ1n) is 5.85. The van der Waals surface area contributed by atoms with E-state index in [1.165, 1.54) is 23.6 Å². The summed E-state index contributed by atoms with van der Waals surface area (Å²) in [5.41, 5.74) is -0.754. The number of hydrogen-bond donors (Lipinski definition) is 2. The van der Waals surface area contributed by atoms with E-state index in [0.29, 0.717) is 11.0 Å². The van der Waals surface area contributed by atoms with E-state index >= 15 is 0 Å². The van der Waals surface area contributed by atoms with Gasteiger partial charge in [-0.05, 0) is 28.9 Å². The van der Waals surface area contributed by atoms with Gasteiger partial charge in [0.2, 0.25) is 0 Å². The van der Waals surface area contributed by atoms with Gasteiger partial charge in [-0.2, -0.15) is 0 Å². The van der Waals surface area contributed by atoms with Crippen molar-refractivity contribution in [3.63, 3.8) is 0 Å². The summed E-state index contributed by atoms with van der Waals surface area (Å²) in [5.74, 6) is 0. The molecule has 0 fully saturated rings. The molecule has 0 aliphatic heterocycles. The molecule has 96 valence electrons. The minimum atomic E-state index is -0.387. The highest BCUT2D eigenvalue weighted by molar-refractivity contribution is 9.10. The van der Waals surface area contributed by atoms with Gasteiger partial charge in [0.25, 0.3) is 5.56 Å². The zero-order valence-corrected chi connectivity index (χ0v) is 11.5. The lowest BCUT2D eigenvalue weighted by Crippen LogP contribution is -2.33. The molecule has 1 aromatic heterocycles. The fourth-order valence-electron chi connectivity index (χ4n) is 1.47. The molecular weight excluding hydrogens is 286 g/mol. The Morgan fingerprint density at radius 1 is 1.35 bits per heavy atom. The highest BCUT2D eigenvalue weighted by atomic mass is 79.9. The molecule has 1 aromatic rings. The molecule has 0 aromatic carbocycles. The third kappa shape index (κ3) is 4.87. The van der Waals surface area contributed by atoms with Crippen LogP contribution >= 0.6 is 15.9 Å². The first-order chi connectivity index (χ1) is 8.15. The highest BCUT2D eigenvalue weighted by Crippen LogP contribution is 1.97. The van der Waals surface area contributed by atoms with Crippen LogP contribution < -0.4 is 16.6 Å². The number of H-pyrrole nitrogens is 1. The van der Waals surface area contributed by atoms with Gasteiger partial charge in [-0.15, -0.1) is 0 Å². The number of hydrogen-bond acceptors (Lipinski definition) is 3. The summed E-state index contributed by atoms with van der Waals surface area (Å²) >= 11 is 3.10. The smallest absolute Gasteiger partial charge is 0.315 e. The zero-order chi connectivity index (χ0) is 12.7. The zero-order valence-electron chi connectivity index (χ0n) is 9.96. The van der Waals surface area contributed by atoms with Crippen molar-refractivity contribution >= 4 is 15.9 Å². The number of aromatic amines is 1.